The Labute approximate surface area is 166 Å². The SMILES string of the molecule is C[C@@H](CC1CCCCCC1)NCc1cccnc1NS(=O)(=O)c1cccs1. The summed E-state index contributed by atoms with van der Waals surface area (Å²) in [6, 6.07) is 7.49. The van der Waals surface area contributed by atoms with E-state index in [0.717, 1.165) is 11.5 Å². The van der Waals surface area contributed by atoms with Crippen LogP contribution in [0.1, 0.15) is 57.4 Å². The highest BCUT2D eigenvalue weighted by Crippen LogP contribution is 2.27. The minimum absolute atomic E-state index is 0.300. The molecule has 7 heteroatoms. The number of nitrogens with one attached hydrogen (secondary N) is 2. The molecule has 0 unspecified atom stereocenters. The summed E-state index contributed by atoms with van der Waals surface area (Å²) in [5, 5.41) is 5.31. The third-order valence-corrected chi connectivity index (χ3v) is 7.92. The first-order valence-electron chi connectivity index (χ1n) is 9.78. The number of rotatable bonds is 8. The van der Waals surface area contributed by atoms with Crippen molar-refractivity contribution in [3.63, 3.8) is 0 Å². The van der Waals surface area contributed by atoms with Crippen LogP contribution >= 0.6 is 11.3 Å². The fraction of sp³-hybridized carbons (Fsp3) is 0.550. The zero-order valence-electron chi connectivity index (χ0n) is 15.9. The number of aromatic nitrogens is 1. The fourth-order valence-electron chi connectivity index (χ4n) is 3.73. The molecule has 148 valence electrons. The lowest BCUT2D eigenvalue weighted by atomic mass is 9.93. The Kier molecular flexibility index (Phi) is 7.26. The third kappa shape index (κ3) is 6.02. The molecule has 0 amide bonds. The van der Waals surface area contributed by atoms with E-state index in [2.05, 4.69) is 21.9 Å². The molecule has 0 bridgehead atoms. The average Bonchev–Trinajstić information content (AvgIpc) is 3.08. The minimum Gasteiger partial charge on any atom is -0.310 e. The van der Waals surface area contributed by atoms with E-state index in [0.29, 0.717) is 22.6 Å². The molecule has 2 heterocycles. The quantitative estimate of drug-likeness (QED) is 0.618. The van der Waals surface area contributed by atoms with Gasteiger partial charge in [-0.25, -0.2) is 13.4 Å². The van der Waals surface area contributed by atoms with Crippen LogP contribution in [-0.4, -0.2) is 19.4 Å². The third-order valence-electron chi connectivity index (χ3n) is 5.18. The molecule has 5 nitrogen and oxygen atoms in total. The van der Waals surface area contributed by atoms with Crippen LogP contribution in [0.5, 0.6) is 0 Å². The van der Waals surface area contributed by atoms with E-state index >= 15 is 0 Å². The summed E-state index contributed by atoms with van der Waals surface area (Å²) in [5.74, 6) is 1.21. The summed E-state index contributed by atoms with van der Waals surface area (Å²) in [4.78, 5) is 4.25. The maximum Gasteiger partial charge on any atom is 0.272 e. The molecule has 1 saturated carbocycles. The van der Waals surface area contributed by atoms with Gasteiger partial charge >= 0.3 is 0 Å². The van der Waals surface area contributed by atoms with Gasteiger partial charge in [0.25, 0.3) is 10.0 Å². The van der Waals surface area contributed by atoms with Crippen molar-refractivity contribution in [2.24, 2.45) is 5.92 Å². The van der Waals surface area contributed by atoms with Crippen molar-refractivity contribution in [2.75, 3.05) is 4.72 Å². The van der Waals surface area contributed by atoms with Crippen LogP contribution in [0.3, 0.4) is 0 Å². The average molecular weight is 408 g/mol. The van der Waals surface area contributed by atoms with Crippen molar-refractivity contribution in [1.29, 1.82) is 0 Å². The van der Waals surface area contributed by atoms with Crippen LogP contribution < -0.4 is 10.0 Å². The number of hydrogen-bond donors (Lipinski definition) is 2. The van der Waals surface area contributed by atoms with E-state index in [-0.39, 0.29) is 0 Å². The van der Waals surface area contributed by atoms with Crippen LogP contribution in [0.4, 0.5) is 5.82 Å². The first-order valence-corrected chi connectivity index (χ1v) is 12.1. The Hall–Kier alpha value is -1.44. The molecule has 0 spiro atoms. The molecule has 1 fully saturated rings. The van der Waals surface area contributed by atoms with Crippen molar-refractivity contribution in [3.05, 3.63) is 41.4 Å². The second kappa shape index (κ2) is 9.66. The lowest BCUT2D eigenvalue weighted by Gasteiger charge is -2.21. The van der Waals surface area contributed by atoms with Gasteiger partial charge in [0.1, 0.15) is 10.0 Å². The maximum absolute atomic E-state index is 12.5. The van der Waals surface area contributed by atoms with E-state index < -0.39 is 10.0 Å². The van der Waals surface area contributed by atoms with Crippen molar-refractivity contribution < 1.29 is 8.42 Å². The van der Waals surface area contributed by atoms with Crippen LogP contribution in [-0.2, 0) is 16.6 Å². The summed E-state index contributed by atoms with van der Waals surface area (Å²) in [5.41, 5.74) is 0.866. The van der Waals surface area contributed by atoms with E-state index in [4.69, 9.17) is 0 Å². The molecular formula is C20H29N3O2S2. The van der Waals surface area contributed by atoms with Gasteiger partial charge in [-0.05, 0) is 36.8 Å². The van der Waals surface area contributed by atoms with Crippen molar-refractivity contribution in [3.8, 4) is 0 Å². The molecular weight excluding hydrogens is 378 g/mol. The van der Waals surface area contributed by atoms with Gasteiger partial charge in [0.2, 0.25) is 0 Å². The maximum atomic E-state index is 12.5. The van der Waals surface area contributed by atoms with Gasteiger partial charge in [0, 0.05) is 24.3 Å². The van der Waals surface area contributed by atoms with Crippen LogP contribution in [0.25, 0.3) is 0 Å². The monoisotopic (exact) mass is 407 g/mol. The number of anilines is 1. The molecule has 3 rings (SSSR count). The first kappa shape index (κ1) is 20.3. The van der Waals surface area contributed by atoms with Gasteiger partial charge in [-0.3, -0.25) is 4.72 Å². The van der Waals surface area contributed by atoms with E-state index in [1.165, 1.54) is 56.3 Å². The zero-order chi connectivity index (χ0) is 19.1. The van der Waals surface area contributed by atoms with Gasteiger partial charge in [0.05, 0.1) is 0 Å². The lowest BCUT2D eigenvalue weighted by molar-refractivity contribution is 0.363. The van der Waals surface area contributed by atoms with Gasteiger partial charge in [-0.15, -0.1) is 11.3 Å². The van der Waals surface area contributed by atoms with E-state index in [1.54, 1.807) is 23.7 Å². The standard InChI is InChI=1S/C20H29N3O2S2/c1-16(14-17-8-4-2-3-5-9-17)22-15-18-10-6-12-21-20(18)23-27(24,25)19-11-7-13-26-19/h6-7,10-13,16-17,22H,2-5,8-9,14-15H2,1H3,(H,21,23)/t16-/m0/s1. The Bertz CT molecular complexity index is 798. The normalized spacial score (nSPS) is 17.4. The highest BCUT2D eigenvalue weighted by atomic mass is 32.2. The fourth-order valence-corrected chi connectivity index (χ4v) is 5.78. The lowest BCUT2D eigenvalue weighted by Crippen LogP contribution is -2.28. The number of hydrogen-bond acceptors (Lipinski definition) is 5. The molecule has 1 aliphatic rings. The summed E-state index contributed by atoms with van der Waals surface area (Å²) in [6.45, 7) is 2.82. The van der Waals surface area contributed by atoms with E-state index in [1.807, 2.05) is 12.1 Å². The number of thiophene rings is 1. The van der Waals surface area contributed by atoms with Gasteiger partial charge < -0.3 is 5.32 Å². The molecule has 27 heavy (non-hydrogen) atoms. The highest BCUT2D eigenvalue weighted by Gasteiger charge is 2.19. The Morgan fingerprint density at radius 2 is 1.96 bits per heavy atom. The zero-order valence-corrected chi connectivity index (χ0v) is 17.5. The second-order valence-corrected chi connectivity index (χ2v) is 10.3. The Morgan fingerprint density at radius 1 is 1.19 bits per heavy atom. The summed E-state index contributed by atoms with van der Waals surface area (Å²) >= 11 is 1.20. The number of nitrogens with zero attached hydrogens (tertiary/aromatic N) is 1. The molecule has 1 aliphatic carbocycles. The molecule has 2 aromatic heterocycles. The topological polar surface area (TPSA) is 71.1 Å². The Balaban J connectivity index is 1.59. The summed E-state index contributed by atoms with van der Waals surface area (Å²) < 4.78 is 27.9. The number of pyridine rings is 1. The number of sulfonamides is 1. The Morgan fingerprint density at radius 3 is 2.67 bits per heavy atom. The molecule has 2 N–H and O–H groups in total. The van der Waals surface area contributed by atoms with Crippen molar-refractivity contribution in [2.45, 2.75) is 68.7 Å². The smallest absolute Gasteiger partial charge is 0.272 e. The molecule has 1 atom stereocenters. The first-order chi connectivity index (χ1) is 13.0. The molecule has 0 aliphatic heterocycles. The molecule has 0 aromatic carbocycles. The van der Waals surface area contributed by atoms with Gasteiger partial charge in [-0.1, -0.05) is 50.7 Å². The molecule has 0 saturated heterocycles. The van der Waals surface area contributed by atoms with Gasteiger partial charge in [0.15, 0.2) is 0 Å². The van der Waals surface area contributed by atoms with E-state index in [9.17, 15) is 8.42 Å². The summed E-state index contributed by atoms with van der Waals surface area (Å²) in [7, 11) is -3.58. The summed E-state index contributed by atoms with van der Waals surface area (Å²) in [6.07, 6.45) is 10.9. The van der Waals surface area contributed by atoms with Crippen molar-refractivity contribution in [1.82, 2.24) is 10.3 Å². The predicted molar refractivity (Wildman–Crippen MR) is 111 cm³/mol. The van der Waals surface area contributed by atoms with Gasteiger partial charge in [-0.2, -0.15) is 0 Å². The van der Waals surface area contributed by atoms with Crippen LogP contribution in [0.2, 0.25) is 0 Å². The molecule has 0 radical (unpaired) electrons. The highest BCUT2D eigenvalue weighted by molar-refractivity contribution is 7.94. The second-order valence-electron chi connectivity index (χ2n) is 7.42. The van der Waals surface area contributed by atoms with Crippen molar-refractivity contribution >= 4 is 27.2 Å². The van der Waals surface area contributed by atoms with Crippen LogP contribution in [0, 0.1) is 5.92 Å². The minimum atomic E-state index is -3.58. The van der Waals surface area contributed by atoms with Crippen LogP contribution in [0.15, 0.2) is 40.1 Å². The predicted octanol–water partition coefficient (Wildman–Crippen LogP) is 4.78. The molecule has 2 aromatic rings. The largest absolute Gasteiger partial charge is 0.310 e.